The van der Waals surface area contributed by atoms with Gasteiger partial charge >= 0.3 is 0 Å². The molecule has 0 N–H and O–H groups in total. The molecule has 0 spiro atoms. The van der Waals surface area contributed by atoms with Crippen LogP contribution in [-0.2, 0) is 14.3 Å². The van der Waals surface area contributed by atoms with Gasteiger partial charge in [0.1, 0.15) is 17.1 Å². The van der Waals surface area contributed by atoms with Gasteiger partial charge in [0, 0.05) is 23.0 Å². The largest absolute Gasteiger partial charge is 0.500 e. The molecule has 2 saturated carbocycles. The number of ketones is 1. The number of fused-ring (bicyclic) bond motifs is 2. The van der Waals surface area contributed by atoms with Gasteiger partial charge in [0.15, 0.2) is 5.78 Å². The van der Waals surface area contributed by atoms with Gasteiger partial charge < -0.3 is 9.47 Å². The van der Waals surface area contributed by atoms with Crippen molar-refractivity contribution >= 4 is 5.78 Å². The van der Waals surface area contributed by atoms with Crippen LogP contribution in [0.3, 0.4) is 0 Å². The van der Waals surface area contributed by atoms with E-state index in [1.54, 1.807) is 7.11 Å². The van der Waals surface area contributed by atoms with E-state index in [4.69, 9.17) is 9.47 Å². The van der Waals surface area contributed by atoms with Crippen molar-refractivity contribution < 1.29 is 14.3 Å². The summed E-state index contributed by atoms with van der Waals surface area (Å²) in [6.45, 7) is 22.3. The second-order valence-corrected chi connectivity index (χ2v) is 12.8. The highest BCUT2D eigenvalue weighted by Gasteiger charge is 2.57. The van der Waals surface area contributed by atoms with Gasteiger partial charge in [0.2, 0.25) is 0 Å². The third-order valence-corrected chi connectivity index (χ3v) is 9.60. The van der Waals surface area contributed by atoms with Gasteiger partial charge in [-0.2, -0.15) is 0 Å². The number of carbonyl (C=O) groups is 1. The Morgan fingerprint density at radius 3 is 2.31 bits per heavy atom. The SMILES string of the molecule is C=C1CC[C@H]2[C@H](C(C)C)C3=C(O[C@]2(C)CC[C@@H]2[C@@H]1CC2(C)C)C(C)=C(OC)C(C)(C)C3=O. The molecule has 1 aliphatic heterocycles. The highest BCUT2D eigenvalue weighted by molar-refractivity contribution is 6.04. The summed E-state index contributed by atoms with van der Waals surface area (Å²) < 4.78 is 12.7. The molecule has 3 aliphatic carbocycles. The summed E-state index contributed by atoms with van der Waals surface area (Å²) in [6, 6.07) is 0. The van der Waals surface area contributed by atoms with Crippen molar-refractivity contribution in [3.05, 3.63) is 34.8 Å². The first-order valence-corrected chi connectivity index (χ1v) is 12.7. The maximum Gasteiger partial charge on any atom is 0.175 e. The third kappa shape index (κ3) is 3.24. The molecule has 0 aromatic heterocycles. The van der Waals surface area contributed by atoms with Crippen molar-refractivity contribution in [2.24, 2.45) is 40.4 Å². The van der Waals surface area contributed by atoms with Crippen molar-refractivity contribution in [3.63, 3.8) is 0 Å². The summed E-state index contributed by atoms with van der Waals surface area (Å²) in [5.41, 5.74) is 2.78. The summed E-state index contributed by atoms with van der Waals surface area (Å²) in [5, 5.41) is 0. The third-order valence-electron chi connectivity index (χ3n) is 9.60. The minimum Gasteiger partial charge on any atom is -0.500 e. The van der Waals surface area contributed by atoms with Gasteiger partial charge in [0.05, 0.1) is 12.5 Å². The minimum atomic E-state index is -0.660. The van der Waals surface area contributed by atoms with Crippen LogP contribution in [0.25, 0.3) is 0 Å². The maximum absolute atomic E-state index is 13.9. The zero-order chi connectivity index (χ0) is 23.8. The Labute approximate surface area is 195 Å². The van der Waals surface area contributed by atoms with Crippen LogP contribution in [0, 0.1) is 40.4 Å². The molecule has 4 aliphatic rings. The van der Waals surface area contributed by atoms with E-state index >= 15 is 0 Å². The fraction of sp³-hybridized carbons (Fsp3) is 0.759. The van der Waals surface area contributed by atoms with Gasteiger partial charge in [-0.15, -0.1) is 0 Å². The highest BCUT2D eigenvalue weighted by Crippen LogP contribution is 2.61. The number of hydrogen-bond acceptors (Lipinski definition) is 3. The van der Waals surface area contributed by atoms with Gasteiger partial charge in [-0.3, -0.25) is 4.79 Å². The quantitative estimate of drug-likeness (QED) is 0.425. The lowest BCUT2D eigenvalue weighted by molar-refractivity contribution is -0.131. The zero-order valence-corrected chi connectivity index (χ0v) is 21.9. The van der Waals surface area contributed by atoms with Crippen LogP contribution in [0.15, 0.2) is 34.8 Å². The average Bonchev–Trinajstić information content (AvgIpc) is 2.72. The molecule has 5 atom stereocenters. The molecule has 0 bridgehead atoms. The lowest BCUT2D eigenvalue weighted by Gasteiger charge is -2.54. The molecule has 3 nitrogen and oxygen atoms in total. The molecule has 4 rings (SSSR count). The predicted octanol–water partition coefficient (Wildman–Crippen LogP) is 7.24. The van der Waals surface area contributed by atoms with Crippen molar-refractivity contribution in [1.82, 2.24) is 0 Å². The lowest BCUT2D eigenvalue weighted by Crippen LogP contribution is -2.52. The Morgan fingerprint density at radius 1 is 1.09 bits per heavy atom. The molecule has 0 aromatic rings. The molecule has 0 radical (unpaired) electrons. The van der Waals surface area contributed by atoms with Crippen molar-refractivity contribution in [1.29, 1.82) is 0 Å². The molecule has 0 unspecified atom stereocenters. The minimum absolute atomic E-state index is 0.176. The van der Waals surface area contributed by atoms with Crippen LogP contribution >= 0.6 is 0 Å². The van der Waals surface area contributed by atoms with E-state index in [0.717, 1.165) is 48.3 Å². The first kappa shape index (κ1) is 23.6. The number of Topliss-reactive ketones (excluding diaryl/α,β-unsaturated/α-hetero) is 1. The Morgan fingerprint density at radius 2 is 1.75 bits per heavy atom. The summed E-state index contributed by atoms with van der Waals surface area (Å²) in [7, 11) is 1.68. The van der Waals surface area contributed by atoms with Crippen molar-refractivity contribution in [2.45, 2.75) is 93.1 Å². The number of methoxy groups -OCH3 is 1. The summed E-state index contributed by atoms with van der Waals surface area (Å²) in [5.74, 6) is 3.95. The van der Waals surface area contributed by atoms with E-state index in [1.165, 1.54) is 12.0 Å². The smallest absolute Gasteiger partial charge is 0.175 e. The first-order valence-electron chi connectivity index (χ1n) is 12.7. The normalized spacial score (nSPS) is 38.6. The van der Waals surface area contributed by atoms with E-state index in [-0.39, 0.29) is 17.3 Å². The van der Waals surface area contributed by atoms with Crippen LogP contribution in [0.1, 0.15) is 87.5 Å². The maximum atomic E-state index is 13.9. The topological polar surface area (TPSA) is 35.5 Å². The highest BCUT2D eigenvalue weighted by atomic mass is 16.5. The Hall–Kier alpha value is -1.51. The average molecular weight is 441 g/mol. The van der Waals surface area contributed by atoms with Gasteiger partial charge in [0.25, 0.3) is 0 Å². The van der Waals surface area contributed by atoms with Crippen LogP contribution < -0.4 is 0 Å². The second-order valence-electron chi connectivity index (χ2n) is 12.8. The number of rotatable bonds is 2. The van der Waals surface area contributed by atoms with Crippen LogP contribution in [0.5, 0.6) is 0 Å². The number of hydrogen-bond donors (Lipinski definition) is 0. The Balaban J connectivity index is 1.83. The molecular weight excluding hydrogens is 396 g/mol. The van der Waals surface area contributed by atoms with Crippen molar-refractivity contribution in [2.75, 3.05) is 7.11 Å². The molecule has 1 heterocycles. The first-order chi connectivity index (χ1) is 14.8. The molecule has 178 valence electrons. The van der Waals surface area contributed by atoms with Crippen LogP contribution in [0.4, 0.5) is 0 Å². The molecule has 2 fully saturated rings. The number of carbonyl (C=O) groups excluding carboxylic acids is 1. The molecule has 3 heteroatoms. The number of ether oxygens (including phenoxy) is 2. The van der Waals surface area contributed by atoms with E-state index in [2.05, 4.69) is 48.1 Å². The van der Waals surface area contributed by atoms with Crippen molar-refractivity contribution in [3.8, 4) is 0 Å². The van der Waals surface area contributed by atoms with Gasteiger partial charge in [-0.1, -0.05) is 39.8 Å². The Kier molecular flexibility index (Phi) is 5.54. The molecule has 0 aromatic carbocycles. The summed E-state index contributed by atoms with van der Waals surface area (Å²) in [6.07, 6.45) is 5.54. The second kappa shape index (κ2) is 7.50. The molecule has 0 saturated heterocycles. The monoisotopic (exact) mass is 440 g/mol. The van der Waals surface area contributed by atoms with Crippen LogP contribution in [0.2, 0.25) is 0 Å². The van der Waals surface area contributed by atoms with E-state index < -0.39 is 5.41 Å². The Bertz CT molecular complexity index is 899. The standard InChI is InChI=1S/C29H44O3/c1-16(2)22-21-12-11-17(3)19-15-27(5,6)20(19)13-14-29(21,9)32-24-18(4)26(31-10)28(7,8)25(30)23(22)24/h16,19-22H,3,11-15H2,1-2,4-10H3/t19-,20-,21+,22+,29-/m1/s1. The summed E-state index contributed by atoms with van der Waals surface area (Å²) >= 11 is 0. The van der Waals surface area contributed by atoms with E-state index in [1.807, 2.05) is 13.8 Å². The zero-order valence-electron chi connectivity index (χ0n) is 21.9. The molecule has 32 heavy (non-hydrogen) atoms. The van der Waals surface area contributed by atoms with E-state index in [9.17, 15) is 4.79 Å². The molecule has 0 amide bonds. The summed E-state index contributed by atoms with van der Waals surface area (Å²) in [4.78, 5) is 13.9. The van der Waals surface area contributed by atoms with Gasteiger partial charge in [-0.05, 0) is 83.0 Å². The number of allylic oxidation sites excluding steroid dienone is 4. The van der Waals surface area contributed by atoms with Gasteiger partial charge in [-0.25, -0.2) is 0 Å². The van der Waals surface area contributed by atoms with Crippen LogP contribution in [-0.4, -0.2) is 18.5 Å². The van der Waals surface area contributed by atoms with E-state index in [0.29, 0.717) is 29.1 Å². The fourth-order valence-corrected chi connectivity index (χ4v) is 7.80. The lowest BCUT2D eigenvalue weighted by atomic mass is 9.52. The molecular formula is C29H44O3. The fourth-order valence-electron chi connectivity index (χ4n) is 7.80. The predicted molar refractivity (Wildman–Crippen MR) is 130 cm³/mol.